The number of hydrogen-bond acceptors (Lipinski definition) is 14. The Labute approximate surface area is 307 Å². The van der Waals surface area contributed by atoms with Gasteiger partial charge in [0, 0.05) is 5.39 Å². The molecule has 0 atom stereocenters. The SMILES string of the molecule is Nc1c(N=Nc2ccc(N=Nc3ccc(S(=O)(=O)[O-])cc3)cc2S(=O)(=O)[O-])ccc2cc(S(=O)(=O)[O-])ccc12.[Na+].[Na+].[Na+]. The summed E-state index contributed by atoms with van der Waals surface area (Å²) >= 11 is 0. The Balaban J connectivity index is 0.00000294. The predicted molar refractivity (Wildman–Crippen MR) is 133 cm³/mol. The van der Waals surface area contributed by atoms with Gasteiger partial charge in [-0.3, -0.25) is 0 Å². The zero-order valence-corrected chi connectivity index (χ0v) is 30.6. The van der Waals surface area contributed by atoms with Crippen LogP contribution in [-0.4, -0.2) is 38.9 Å². The van der Waals surface area contributed by atoms with Crippen LogP contribution >= 0.6 is 0 Å². The predicted octanol–water partition coefficient (Wildman–Crippen LogP) is -5.02. The Morgan fingerprint density at radius 3 is 1.60 bits per heavy atom. The second-order valence-electron chi connectivity index (χ2n) is 7.79. The van der Waals surface area contributed by atoms with E-state index >= 15 is 0 Å². The third kappa shape index (κ3) is 9.68. The van der Waals surface area contributed by atoms with E-state index in [2.05, 4.69) is 20.5 Å². The maximum Gasteiger partial charge on any atom is 1.00 e. The van der Waals surface area contributed by atoms with Gasteiger partial charge in [-0.1, -0.05) is 12.1 Å². The van der Waals surface area contributed by atoms with E-state index in [9.17, 15) is 38.9 Å². The van der Waals surface area contributed by atoms with Crippen molar-refractivity contribution in [3.05, 3.63) is 72.8 Å². The summed E-state index contributed by atoms with van der Waals surface area (Å²) in [5.41, 5.74) is 5.96. The molecule has 0 aromatic heterocycles. The molecule has 0 fully saturated rings. The third-order valence-electron chi connectivity index (χ3n) is 5.18. The summed E-state index contributed by atoms with van der Waals surface area (Å²) in [4.78, 5) is -1.68. The van der Waals surface area contributed by atoms with Crippen LogP contribution in [0.4, 0.5) is 28.4 Å². The van der Waals surface area contributed by atoms with Gasteiger partial charge in [-0.25, -0.2) is 25.3 Å². The standard InChI is InChI=1S/C22H17N5O9S3.3Na/c23-22-18-8-7-17(38(31,32)33)11-13(18)1-9-20(22)27-26-19-10-4-15(12-21(19)39(34,35)36)25-24-14-2-5-16(6-3-14)37(28,29)30;;;/h1-12H,23H2,(H,28,29,30)(H,31,32,33)(H,34,35,36);;;/q;3*+1/p-3. The summed E-state index contributed by atoms with van der Waals surface area (Å²) in [5.74, 6) is 0. The number of anilines is 1. The summed E-state index contributed by atoms with van der Waals surface area (Å²) in [6.45, 7) is 0. The first-order chi connectivity index (χ1) is 18.1. The van der Waals surface area contributed by atoms with Crippen molar-refractivity contribution in [2.45, 2.75) is 14.7 Å². The van der Waals surface area contributed by atoms with Crippen molar-refractivity contribution in [3.63, 3.8) is 0 Å². The van der Waals surface area contributed by atoms with Crippen LogP contribution in [0.2, 0.25) is 0 Å². The molecule has 0 aliphatic heterocycles. The zero-order chi connectivity index (χ0) is 28.6. The van der Waals surface area contributed by atoms with E-state index in [1.54, 1.807) is 0 Å². The summed E-state index contributed by atoms with van der Waals surface area (Å²) in [6.07, 6.45) is 0. The van der Waals surface area contributed by atoms with Gasteiger partial charge < -0.3 is 19.4 Å². The average Bonchev–Trinajstić information content (AvgIpc) is 2.86. The number of hydrogen-bond donors (Lipinski definition) is 1. The maximum atomic E-state index is 11.9. The normalized spacial score (nSPS) is 12.1. The Morgan fingerprint density at radius 2 is 1.02 bits per heavy atom. The average molecular weight is 658 g/mol. The number of nitrogens with two attached hydrogens (primary N) is 1. The van der Waals surface area contributed by atoms with Gasteiger partial charge in [-0.2, -0.15) is 10.2 Å². The number of benzene rings is 4. The molecule has 4 aromatic rings. The molecule has 0 spiro atoms. The van der Waals surface area contributed by atoms with Crippen LogP contribution in [0.5, 0.6) is 0 Å². The fourth-order valence-electron chi connectivity index (χ4n) is 3.31. The van der Waals surface area contributed by atoms with Crippen LogP contribution in [0.1, 0.15) is 0 Å². The molecule has 4 aromatic carbocycles. The summed E-state index contributed by atoms with van der Waals surface area (Å²) in [5, 5.41) is 16.0. The molecule has 0 aliphatic carbocycles. The molecular weight excluding hydrogens is 643 g/mol. The monoisotopic (exact) mass is 657 g/mol. The largest absolute Gasteiger partial charge is 1.00 e. The number of rotatable bonds is 7. The minimum Gasteiger partial charge on any atom is -0.744 e. The zero-order valence-electron chi connectivity index (χ0n) is 22.2. The molecule has 14 nitrogen and oxygen atoms in total. The van der Waals surface area contributed by atoms with E-state index in [1.807, 2.05) is 0 Å². The molecule has 202 valence electrons. The summed E-state index contributed by atoms with van der Waals surface area (Å²) < 4.78 is 102. The molecule has 2 N–H and O–H groups in total. The smallest absolute Gasteiger partial charge is 0.744 e. The van der Waals surface area contributed by atoms with Crippen LogP contribution in [0.25, 0.3) is 10.8 Å². The number of fused-ring (bicyclic) bond motifs is 1. The number of nitrogens with zero attached hydrogens (tertiary/aromatic N) is 4. The molecule has 0 unspecified atom stereocenters. The van der Waals surface area contributed by atoms with Crippen LogP contribution in [0, 0.1) is 0 Å². The molecule has 0 heterocycles. The van der Waals surface area contributed by atoms with Crippen molar-refractivity contribution >= 4 is 69.6 Å². The Morgan fingerprint density at radius 1 is 0.524 bits per heavy atom. The van der Waals surface area contributed by atoms with Crippen LogP contribution in [0.3, 0.4) is 0 Å². The summed E-state index contributed by atoms with van der Waals surface area (Å²) in [6, 6.07) is 14.1. The van der Waals surface area contributed by atoms with E-state index < -0.39 is 45.0 Å². The molecule has 0 radical (unpaired) electrons. The first kappa shape index (κ1) is 38.9. The second-order valence-corrected chi connectivity index (χ2v) is 11.9. The van der Waals surface area contributed by atoms with Crippen molar-refractivity contribution < 1.29 is 128 Å². The molecule has 42 heavy (non-hydrogen) atoms. The van der Waals surface area contributed by atoms with Crippen LogP contribution in [-0.2, 0) is 30.4 Å². The van der Waals surface area contributed by atoms with Gasteiger partial charge in [0.15, 0.2) is 0 Å². The molecule has 4 rings (SSSR count). The minimum absolute atomic E-state index is 0. The number of nitrogen functional groups attached to an aromatic ring is 1. The minimum atomic E-state index is -5.05. The molecule has 0 amide bonds. The van der Waals surface area contributed by atoms with Gasteiger partial charge in [0.1, 0.15) is 41.7 Å². The molecule has 0 saturated carbocycles. The van der Waals surface area contributed by atoms with Gasteiger partial charge in [0.05, 0.1) is 31.7 Å². The van der Waals surface area contributed by atoms with Crippen molar-refractivity contribution in [1.29, 1.82) is 0 Å². The van der Waals surface area contributed by atoms with E-state index in [-0.39, 0.29) is 117 Å². The first-order valence-corrected chi connectivity index (χ1v) is 14.6. The third-order valence-corrected chi connectivity index (χ3v) is 7.73. The van der Waals surface area contributed by atoms with Crippen molar-refractivity contribution in [1.82, 2.24) is 0 Å². The Hall–Kier alpha value is -1.13. The van der Waals surface area contributed by atoms with Gasteiger partial charge in [-0.05, 0) is 66.0 Å². The second kappa shape index (κ2) is 15.2. The van der Waals surface area contributed by atoms with Gasteiger partial charge >= 0.3 is 88.7 Å². The van der Waals surface area contributed by atoms with Crippen molar-refractivity contribution in [2.75, 3.05) is 5.73 Å². The maximum absolute atomic E-state index is 11.9. The molecule has 0 bridgehead atoms. The van der Waals surface area contributed by atoms with E-state index in [0.29, 0.717) is 10.8 Å². The van der Waals surface area contributed by atoms with E-state index in [1.165, 1.54) is 36.4 Å². The fraction of sp³-hybridized carbons (Fsp3) is 0. The van der Waals surface area contributed by atoms with Crippen LogP contribution in [0.15, 0.2) is 108 Å². The van der Waals surface area contributed by atoms with Gasteiger partial charge in [0.25, 0.3) is 0 Å². The first-order valence-electron chi connectivity index (χ1n) is 10.4. The fourth-order valence-corrected chi connectivity index (χ4v) is 4.92. The Kier molecular flexibility index (Phi) is 14.1. The topological polar surface area (TPSA) is 247 Å². The molecule has 0 aliphatic rings. The quantitative estimate of drug-likeness (QED) is 0.0858. The van der Waals surface area contributed by atoms with Crippen LogP contribution < -0.4 is 94.4 Å². The molecule has 0 saturated heterocycles. The Bertz CT molecular complexity index is 2010. The molecular formula is C22H14N5Na3O9S3. The molecule has 20 heteroatoms. The van der Waals surface area contributed by atoms with E-state index in [0.717, 1.165) is 36.4 Å². The number of azo groups is 2. The van der Waals surface area contributed by atoms with Crippen molar-refractivity contribution in [2.24, 2.45) is 20.5 Å². The van der Waals surface area contributed by atoms with Gasteiger partial charge in [-0.15, -0.1) is 10.2 Å². The van der Waals surface area contributed by atoms with Gasteiger partial charge in [0.2, 0.25) is 0 Å². The van der Waals surface area contributed by atoms with Crippen molar-refractivity contribution in [3.8, 4) is 0 Å². The van der Waals surface area contributed by atoms with E-state index in [4.69, 9.17) is 5.73 Å². The summed E-state index contributed by atoms with van der Waals surface area (Å²) in [7, 11) is -14.4.